The summed E-state index contributed by atoms with van der Waals surface area (Å²) >= 11 is 11.7. The zero-order valence-corrected chi connectivity index (χ0v) is 11.4. The minimum absolute atomic E-state index is 0.0745. The molecular weight excluding hydrogens is 293 g/mol. The molecule has 0 aromatic heterocycles. The molecule has 0 saturated carbocycles. The summed E-state index contributed by atoms with van der Waals surface area (Å²) in [6.07, 6.45) is 0.435. The lowest BCUT2D eigenvalue weighted by Gasteiger charge is -2.11. The molecule has 0 aliphatic rings. The van der Waals surface area contributed by atoms with Gasteiger partial charge in [-0.05, 0) is 24.1 Å². The van der Waals surface area contributed by atoms with Gasteiger partial charge in [0.2, 0.25) is 5.91 Å². The highest BCUT2D eigenvalue weighted by molar-refractivity contribution is 6.35. The van der Waals surface area contributed by atoms with Crippen LogP contribution in [0.25, 0.3) is 0 Å². The fourth-order valence-electron chi connectivity index (χ4n) is 1.42. The Hall–Kier alpha value is -1.30. The number of aliphatic carboxylic acids is 1. The van der Waals surface area contributed by atoms with E-state index >= 15 is 0 Å². The maximum atomic E-state index is 11.5. The van der Waals surface area contributed by atoms with Crippen molar-refractivity contribution in [2.24, 2.45) is 0 Å². The number of hydrogen-bond donors (Lipinski definition) is 3. The van der Waals surface area contributed by atoms with Crippen molar-refractivity contribution in [3.63, 3.8) is 0 Å². The number of rotatable bonds is 6. The van der Waals surface area contributed by atoms with E-state index < -0.39 is 24.5 Å². The Balaban J connectivity index is 2.52. The van der Waals surface area contributed by atoms with E-state index in [0.29, 0.717) is 16.5 Å². The predicted octanol–water partition coefficient (Wildman–Crippen LogP) is 1.49. The number of carbonyl (C=O) groups excluding carboxylic acids is 1. The fraction of sp³-hybridized carbons (Fsp3) is 0.333. The van der Waals surface area contributed by atoms with E-state index in [1.807, 2.05) is 0 Å². The summed E-state index contributed by atoms with van der Waals surface area (Å²) in [4.78, 5) is 22.1. The number of amides is 1. The Morgan fingerprint density at radius 1 is 1.32 bits per heavy atom. The van der Waals surface area contributed by atoms with E-state index in [1.54, 1.807) is 18.2 Å². The van der Waals surface area contributed by atoms with Gasteiger partial charge in [-0.1, -0.05) is 29.3 Å². The van der Waals surface area contributed by atoms with Crippen molar-refractivity contribution in [3.05, 3.63) is 33.8 Å². The van der Waals surface area contributed by atoms with Gasteiger partial charge in [0, 0.05) is 16.5 Å². The van der Waals surface area contributed by atoms with Crippen LogP contribution >= 0.6 is 23.2 Å². The van der Waals surface area contributed by atoms with Crippen LogP contribution in [0.1, 0.15) is 12.0 Å². The average molecular weight is 306 g/mol. The van der Waals surface area contributed by atoms with Crippen LogP contribution in [0.2, 0.25) is 10.0 Å². The first-order valence-corrected chi connectivity index (χ1v) is 6.26. The lowest BCUT2D eigenvalue weighted by molar-refractivity contribution is -0.142. The van der Waals surface area contributed by atoms with Crippen LogP contribution in [-0.2, 0) is 16.0 Å². The quantitative estimate of drug-likeness (QED) is 0.743. The standard InChI is InChI=1S/C12H13Cl2NO4/c13-8-3-1-7(9(14)5-8)2-4-11(17)15-10(6-16)12(18)19/h1,3,5,10,16H,2,4,6H2,(H,15,17)(H,18,19)/t10-/m1/s1. The number of aliphatic hydroxyl groups is 1. The molecule has 1 aromatic carbocycles. The van der Waals surface area contributed by atoms with E-state index in [1.165, 1.54) is 0 Å². The van der Waals surface area contributed by atoms with Crippen molar-refractivity contribution in [2.75, 3.05) is 6.61 Å². The largest absolute Gasteiger partial charge is 0.480 e. The fourth-order valence-corrected chi connectivity index (χ4v) is 1.93. The molecule has 0 bridgehead atoms. The van der Waals surface area contributed by atoms with Crippen LogP contribution in [0.3, 0.4) is 0 Å². The second kappa shape index (κ2) is 7.33. The molecule has 0 radical (unpaired) electrons. The highest BCUT2D eigenvalue weighted by Gasteiger charge is 2.18. The Bertz CT molecular complexity index is 479. The molecule has 19 heavy (non-hydrogen) atoms. The Morgan fingerprint density at radius 3 is 2.53 bits per heavy atom. The number of hydrogen-bond acceptors (Lipinski definition) is 3. The molecule has 5 nitrogen and oxygen atoms in total. The van der Waals surface area contributed by atoms with E-state index in [-0.39, 0.29) is 6.42 Å². The normalized spacial score (nSPS) is 11.9. The molecule has 0 aliphatic carbocycles. The molecule has 0 spiro atoms. The van der Waals surface area contributed by atoms with Gasteiger partial charge in [0.05, 0.1) is 6.61 Å². The predicted molar refractivity (Wildman–Crippen MR) is 71.4 cm³/mol. The van der Waals surface area contributed by atoms with Crippen LogP contribution in [0.4, 0.5) is 0 Å². The van der Waals surface area contributed by atoms with Gasteiger partial charge in [-0.15, -0.1) is 0 Å². The summed E-state index contributed by atoms with van der Waals surface area (Å²) in [6.45, 7) is -0.650. The van der Waals surface area contributed by atoms with E-state index in [2.05, 4.69) is 5.32 Å². The Kier molecular flexibility index (Phi) is 6.08. The van der Waals surface area contributed by atoms with Crippen LogP contribution < -0.4 is 5.32 Å². The van der Waals surface area contributed by atoms with Crippen LogP contribution in [-0.4, -0.2) is 34.7 Å². The van der Waals surface area contributed by atoms with Gasteiger partial charge in [0.25, 0.3) is 0 Å². The third kappa shape index (κ3) is 5.06. The first kappa shape index (κ1) is 15.8. The first-order valence-electron chi connectivity index (χ1n) is 5.51. The summed E-state index contributed by atoms with van der Waals surface area (Å²) in [6, 6.07) is 3.66. The SMILES string of the molecule is O=C(CCc1ccc(Cl)cc1Cl)N[C@H](CO)C(=O)O. The van der Waals surface area contributed by atoms with Crippen molar-refractivity contribution in [1.29, 1.82) is 0 Å². The van der Waals surface area contributed by atoms with Gasteiger partial charge < -0.3 is 15.5 Å². The summed E-state index contributed by atoms with van der Waals surface area (Å²) in [5.74, 6) is -1.74. The number of aryl methyl sites for hydroxylation is 1. The minimum Gasteiger partial charge on any atom is -0.480 e. The number of nitrogens with one attached hydrogen (secondary N) is 1. The summed E-state index contributed by atoms with van der Waals surface area (Å²) < 4.78 is 0. The molecule has 1 amide bonds. The molecule has 0 saturated heterocycles. The second-order valence-electron chi connectivity index (χ2n) is 3.88. The van der Waals surface area contributed by atoms with Crippen molar-refractivity contribution < 1.29 is 19.8 Å². The highest BCUT2D eigenvalue weighted by Crippen LogP contribution is 2.21. The highest BCUT2D eigenvalue weighted by atomic mass is 35.5. The van der Waals surface area contributed by atoms with Crippen molar-refractivity contribution in [1.82, 2.24) is 5.32 Å². The van der Waals surface area contributed by atoms with Crippen molar-refractivity contribution in [2.45, 2.75) is 18.9 Å². The molecule has 0 fully saturated rings. The zero-order valence-electron chi connectivity index (χ0n) is 9.90. The maximum absolute atomic E-state index is 11.5. The minimum atomic E-state index is -1.28. The van der Waals surface area contributed by atoms with E-state index in [9.17, 15) is 9.59 Å². The van der Waals surface area contributed by atoms with Crippen LogP contribution in [0.5, 0.6) is 0 Å². The molecule has 0 heterocycles. The molecule has 104 valence electrons. The first-order chi connectivity index (χ1) is 8.93. The molecule has 1 aromatic rings. The Labute approximate surface area is 120 Å². The molecule has 1 rings (SSSR count). The second-order valence-corrected chi connectivity index (χ2v) is 4.72. The average Bonchev–Trinajstić information content (AvgIpc) is 2.34. The van der Waals surface area contributed by atoms with Gasteiger partial charge in [-0.3, -0.25) is 4.79 Å². The van der Waals surface area contributed by atoms with Gasteiger partial charge >= 0.3 is 5.97 Å². The third-order valence-electron chi connectivity index (χ3n) is 2.45. The molecule has 0 unspecified atom stereocenters. The molecule has 0 aliphatic heterocycles. The number of benzene rings is 1. The number of carboxylic acids is 1. The van der Waals surface area contributed by atoms with Crippen molar-refractivity contribution >= 4 is 35.1 Å². The van der Waals surface area contributed by atoms with Crippen LogP contribution in [0, 0.1) is 0 Å². The van der Waals surface area contributed by atoms with Gasteiger partial charge in [-0.25, -0.2) is 4.79 Å². The summed E-state index contributed by atoms with van der Waals surface area (Å²) in [5.41, 5.74) is 0.747. The van der Waals surface area contributed by atoms with E-state index in [0.717, 1.165) is 5.56 Å². The molecule has 3 N–H and O–H groups in total. The van der Waals surface area contributed by atoms with Gasteiger partial charge in [0.15, 0.2) is 0 Å². The molecule has 7 heteroatoms. The van der Waals surface area contributed by atoms with Crippen LogP contribution in [0.15, 0.2) is 18.2 Å². The zero-order chi connectivity index (χ0) is 14.4. The summed E-state index contributed by atoms with van der Waals surface area (Å²) in [5, 5.41) is 20.6. The smallest absolute Gasteiger partial charge is 0.328 e. The molecule has 1 atom stereocenters. The number of carboxylic acid groups (broad SMARTS) is 1. The number of aliphatic hydroxyl groups excluding tert-OH is 1. The number of carbonyl (C=O) groups is 2. The third-order valence-corrected chi connectivity index (χ3v) is 3.04. The van der Waals surface area contributed by atoms with Crippen molar-refractivity contribution in [3.8, 4) is 0 Å². The summed E-state index contributed by atoms with van der Waals surface area (Å²) in [7, 11) is 0. The monoisotopic (exact) mass is 305 g/mol. The van der Waals surface area contributed by atoms with E-state index in [4.69, 9.17) is 33.4 Å². The van der Waals surface area contributed by atoms with Gasteiger partial charge in [0.1, 0.15) is 6.04 Å². The molecular formula is C12H13Cl2NO4. The lowest BCUT2D eigenvalue weighted by atomic mass is 10.1. The number of halogens is 2. The topological polar surface area (TPSA) is 86.6 Å². The Morgan fingerprint density at radius 2 is 2.00 bits per heavy atom. The van der Waals surface area contributed by atoms with Gasteiger partial charge in [-0.2, -0.15) is 0 Å². The maximum Gasteiger partial charge on any atom is 0.328 e. The lowest BCUT2D eigenvalue weighted by Crippen LogP contribution is -2.43.